The maximum atomic E-state index is 13.6. The molecule has 0 bridgehead atoms. The van der Waals surface area contributed by atoms with E-state index in [1.165, 1.54) is 50.2 Å². The Hall–Kier alpha value is -8.14. The van der Waals surface area contributed by atoms with Crippen LogP contribution in [-0.4, -0.2) is 135 Å². The number of methoxy groups -OCH3 is 4. The number of hydrogen-bond acceptors (Lipinski definition) is 22. The number of hydrogen-bond donors (Lipinski definition) is 0. The van der Waals surface area contributed by atoms with E-state index in [1.54, 1.807) is 52.5 Å². The van der Waals surface area contributed by atoms with E-state index in [2.05, 4.69) is 70.2 Å². The van der Waals surface area contributed by atoms with Crippen LogP contribution in [0.4, 0.5) is 8.78 Å². The largest absolute Gasteiger partial charge is 0.479 e. The van der Waals surface area contributed by atoms with Gasteiger partial charge in [0.1, 0.15) is 35.8 Å². The van der Waals surface area contributed by atoms with Gasteiger partial charge in [0.25, 0.3) is 0 Å². The number of pyridine rings is 2. The molecule has 8 aromatic rings. The third-order valence-corrected chi connectivity index (χ3v) is 16.2. The molecule has 388 valence electrons. The molecule has 0 N–H and O–H groups in total. The van der Waals surface area contributed by atoms with Gasteiger partial charge in [-0.2, -0.15) is 19.9 Å². The summed E-state index contributed by atoms with van der Waals surface area (Å²) in [6, 6.07) is 3.68. The second kappa shape index (κ2) is 22.7. The van der Waals surface area contributed by atoms with Gasteiger partial charge < -0.3 is 18.9 Å². The lowest BCUT2D eigenvalue weighted by Crippen LogP contribution is -2.27. The first-order chi connectivity index (χ1) is 35.3. The van der Waals surface area contributed by atoms with Crippen molar-refractivity contribution in [3.63, 3.8) is 0 Å². The fraction of sp³-hybridized carbons (Fsp3) is 0.348. The topological polar surface area (TPSA) is 296 Å². The van der Waals surface area contributed by atoms with Crippen molar-refractivity contribution in [3.05, 3.63) is 120 Å². The van der Waals surface area contributed by atoms with E-state index in [9.17, 15) is 25.6 Å². The molecule has 0 spiro atoms. The SMILES string of the molecule is COc1ncnc(OC)c1-n1c(CS(=O)(=O)[C@@H](C)[C@H](C)c2ncc(F)cn2)nnc1-c1cncc(C)c1.COc1ncnc(OC)c1-n1c(CS(=O)(=O)[C@H](C)[C@@H](C)c2ncc(F)cn2)nnc1-c1cncc(C)c1. The summed E-state index contributed by atoms with van der Waals surface area (Å²) < 4.78 is 106. The molecule has 8 heterocycles. The van der Waals surface area contributed by atoms with Crippen LogP contribution in [0.25, 0.3) is 34.2 Å². The summed E-state index contributed by atoms with van der Waals surface area (Å²) in [4.78, 5) is 40.9. The summed E-state index contributed by atoms with van der Waals surface area (Å²) in [6.45, 7) is 10.2. The third-order valence-electron chi connectivity index (χ3n) is 11.8. The average Bonchev–Trinajstić information content (AvgIpc) is 4.00. The lowest BCUT2D eigenvalue weighted by atomic mass is 10.1. The van der Waals surface area contributed by atoms with Gasteiger partial charge in [0.05, 0.1) is 63.7 Å². The molecule has 0 radical (unpaired) electrons. The molecule has 0 aliphatic rings. The highest BCUT2D eigenvalue weighted by Gasteiger charge is 2.35. The van der Waals surface area contributed by atoms with Gasteiger partial charge >= 0.3 is 0 Å². The van der Waals surface area contributed by atoms with E-state index in [1.807, 2.05) is 26.0 Å². The fourth-order valence-corrected chi connectivity index (χ4v) is 10.6. The number of sulfone groups is 2. The maximum absolute atomic E-state index is 13.6. The highest BCUT2D eigenvalue weighted by Crippen LogP contribution is 2.37. The quantitative estimate of drug-likeness (QED) is 0.110. The first-order valence-electron chi connectivity index (χ1n) is 22.3. The molecule has 8 aromatic heterocycles. The van der Waals surface area contributed by atoms with Gasteiger partial charge in [-0.1, -0.05) is 13.8 Å². The van der Waals surface area contributed by atoms with Crippen molar-refractivity contribution in [3.8, 4) is 57.7 Å². The molecule has 0 aliphatic heterocycles. The lowest BCUT2D eigenvalue weighted by Gasteiger charge is -2.20. The van der Waals surface area contributed by atoms with E-state index in [-0.39, 0.29) is 58.2 Å². The lowest BCUT2D eigenvalue weighted by molar-refractivity contribution is 0.368. The molecule has 24 nitrogen and oxygen atoms in total. The molecule has 0 fully saturated rings. The number of aromatic nitrogens is 16. The van der Waals surface area contributed by atoms with Gasteiger partial charge in [-0.05, 0) is 51.0 Å². The second-order valence-electron chi connectivity index (χ2n) is 16.7. The summed E-state index contributed by atoms with van der Waals surface area (Å²) in [5.74, 6) is -1.71. The maximum Gasteiger partial charge on any atom is 0.245 e. The molecule has 4 atom stereocenters. The van der Waals surface area contributed by atoms with Gasteiger partial charge in [-0.25, -0.2) is 45.6 Å². The summed E-state index contributed by atoms with van der Waals surface area (Å²) in [5, 5.41) is 15.2. The smallest absolute Gasteiger partial charge is 0.245 e. The Kier molecular flexibility index (Phi) is 16.5. The summed E-state index contributed by atoms with van der Waals surface area (Å²) in [6.07, 6.45) is 13.1. The van der Waals surface area contributed by atoms with Gasteiger partial charge in [0.15, 0.2) is 66.0 Å². The van der Waals surface area contributed by atoms with Gasteiger partial charge in [-0.3, -0.25) is 19.1 Å². The van der Waals surface area contributed by atoms with Crippen LogP contribution in [-0.2, 0) is 31.2 Å². The molecule has 0 unspecified atom stereocenters. The van der Waals surface area contributed by atoms with E-state index in [4.69, 9.17) is 18.9 Å². The highest BCUT2D eigenvalue weighted by molar-refractivity contribution is 7.91. The van der Waals surface area contributed by atoms with Crippen LogP contribution >= 0.6 is 0 Å². The normalized spacial score (nSPS) is 13.2. The summed E-state index contributed by atoms with van der Waals surface area (Å²) >= 11 is 0. The molecule has 28 heteroatoms. The van der Waals surface area contributed by atoms with Crippen LogP contribution in [0.15, 0.2) is 74.4 Å². The second-order valence-corrected chi connectivity index (χ2v) is 21.4. The Balaban J connectivity index is 0.000000216. The van der Waals surface area contributed by atoms with Crippen molar-refractivity contribution in [1.29, 1.82) is 0 Å². The molecular formula is C46H50F2N16O8S2. The minimum atomic E-state index is -3.85. The zero-order valence-corrected chi connectivity index (χ0v) is 43.3. The van der Waals surface area contributed by atoms with Crippen LogP contribution < -0.4 is 18.9 Å². The van der Waals surface area contributed by atoms with Crippen LogP contribution in [0.3, 0.4) is 0 Å². The van der Waals surface area contributed by atoms with Crippen molar-refractivity contribution in [2.45, 2.75) is 75.4 Å². The Labute approximate surface area is 424 Å². The zero-order valence-electron chi connectivity index (χ0n) is 41.6. The minimum Gasteiger partial charge on any atom is -0.479 e. The monoisotopic (exact) mass is 1060 g/mol. The van der Waals surface area contributed by atoms with Crippen molar-refractivity contribution < 1.29 is 44.6 Å². The van der Waals surface area contributed by atoms with Gasteiger partial charge in [0, 0.05) is 47.8 Å². The Morgan fingerprint density at radius 2 is 0.811 bits per heavy atom. The van der Waals surface area contributed by atoms with Crippen molar-refractivity contribution in [1.82, 2.24) is 79.4 Å². The summed E-state index contributed by atoms with van der Waals surface area (Å²) in [7, 11) is -2.01. The minimum absolute atomic E-state index is 0.0852. The van der Waals surface area contributed by atoms with Crippen LogP contribution in [0.5, 0.6) is 23.5 Å². The molecule has 0 saturated carbocycles. The van der Waals surface area contributed by atoms with E-state index >= 15 is 0 Å². The molecular weight excluding hydrogens is 1010 g/mol. The van der Waals surface area contributed by atoms with Gasteiger partial charge in [-0.15, -0.1) is 20.4 Å². The van der Waals surface area contributed by atoms with Crippen molar-refractivity contribution in [2.75, 3.05) is 28.4 Å². The van der Waals surface area contributed by atoms with Crippen molar-refractivity contribution in [2.24, 2.45) is 0 Å². The van der Waals surface area contributed by atoms with E-state index in [0.717, 1.165) is 35.9 Å². The number of rotatable bonds is 18. The highest BCUT2D eigenvalue weighted by atomic mass is 32.2. The molecule has 8 rings (SSSR count). The predicted molar refractivity (Wildman–Crippen MR) is 261 cm³/mol. The number of nitrogens with zero attached hydrogens (tertiary/aromatic N) is 16. The third kappa shape index (κ3) is 11.5. The Morgan fingerprint density at radius 3 is 1.11 bits per heavy atom. The molecule has 0 aromatic carbocycles. The Bertz CT molecular complexity index is 3210. The number of aryl methyl sites for hydroxylation is 2. The first-order valence-corrected chi connectivity index (χ1v) is 25.7. The number of halogens is 2. The van der Waals surface area contributed by atoms with Gasteiger partial charge in [0.2, 0.25) is 23.5 Å². The Morgan fingerprint density at radius 1 is 0.486 bits per heavy atom. The molecule has 0 saturated heterocycles. The van der Waals surface area contributed by atoms with Crippen molar-refractivity contribution >= 4 is 19.7 Å². The van der Waals surface area contributed by atoms with Crippen LogP contribution in [0, 0.1) is 25.5 Å². The molecule has 0 amide bonds. The van der Waals surface area contributed by atoms with Crippen LogP contribution in [0.2, 0.25) is 0 Å². The standard InChI is InChI=1S/2C23H25FN8O4S/c2*1-13-6-16(8-25-7-13)21-31-30-18(32(21)19-22(35-4)28-12-29-23(19)36-5)11-37(33,34)15(3)14(2)20-26-9-17(24)10-27-20/h2*6-10,12,14-15H,11H2,1-5H3/t2*14-,15-/m10/s1. The molecule has 74 heavy (non-hydrogen) atoms. The zero-order chi connectivity index (χ0) is 53.5. The van der Waals surface area contributed by atoms with E-state index in [0.29, 0.717) is 22.8 Å². The van der Waals surface area contributed by atoms with Crippen LogP contribution in [0.1, 0.15) is 74.0 Å². The number of ether oxygens (including phenoxy) is 4. The summed E-state index contributed by atoms with van der Waals surface area (Å²) in [5.41, 5.74) is 3.39. The fourth-order valence-electron chi connectivity index (χ4n) is 7.47. The average molecular weight is 1060 g/mol. The first kappa shape index (κ1) is 53.7. The molecule has 0 aliphatic carbocycles. The predicted octanol–water partition coefficient (Wildman–Crippen LogP) is 4.96. The van der Waals surface area contributed by atoms with E-state index < -0.39 is 65.2 Å².